The summed E-state index contributed by atoms with van der Waals surface area (Å²) < 4.78 is 11.2. The van der Waals surface area contributed by atoms with Crippen LogP contribution >= 0.6 is 0 Å². The summed E-state index contributed by atoms with van der Waals surface area (Å²) in [5.41, 5.74) is 6.28. The van der Waals surface area contributed by atoms with Crippen LogP contribution in [-0.2, 0) is 0 Å². The molecule has 0 aliphatic carbocycles. The van der Waals surface area contributed by atoms with E-state index in [1.807, 2.05) is 54.6 Å². The number of rotatable bonds is 6. The van der Waals surface area contributed by atoms with E-state index in [2.05, 4.69) is 11.8 Å². The molecule has 0 heterocycles. The first-order chi connectivity index (χ1) is 10.4. The molecule has 21 heavy (non-hydrogen) atoms. The Morgan fingerprint density at radius 3 is 2.05 bits per heavy atom. The molecule has 0 amide bonds. The van der Waals surface area contributed by atoms with Crippen LogP contribution in [0.25, 0.3) is 0 Å². The van der Waals surface area contributed by atoms with Crippen molar-refractivity contribution >= 4 is 0 Å². The fraction of sp³-hybridized carbons (Fsp3) is 0.222. The zero-order chi connectivity index (χ0) is 14.8. The van der Waals surface area contributed by atoms with Crippen molar-refractivity contribution in [1.82, 2.24) is 0 Å². The fourth-order valence-corrected chi connectivity index (χ4v) is 1.74. The Bertz CT molecular complexity index is 582. The first-order valence-electron chi connectivity index (χ1n) is 6.98. The zero-order valence-electron chi connectivity index (χ0n) is 11.9. The van der Waals surface area contributed by atoms with E-state index >= 15 is 0 Å². The molecule has 0 saturated heterocycles. The van der Waals surface area contributed by atoms with Gasteiger partial charge in [-0.2, -0.15) is 0 Å². The van der Waals surface area contributed by atoms with Crippen molar-refractivity contribution in [3.63, 3.8) is 0 Å². The molecule has 0 bridgehead atoms. The maximum Gasteiger partial charge on any atom is 0.119 e. The number of hydrogen-bond donors (Lipinski definition) is 1. The molecular formula is C18H19NO2. The predicted octanol–water partition coefficient (Wildman–Crippen LogP) is 2.84. The van der Waals surface area contributed by atoms with Gasteiger partial charge in [0.15, 0.2) is 0 Å². The van der Waals surface area contributed by atoms with Crippen molar-refractivity contribution in [3.8, 4) is 23.3 Å². The Kier molecular flexibility index (Phi) is 6.18. The van der Waals surface area contributed by atoms with E-state index in [1.165, 1.54) is 0 Å². The highest BCUT2D eigenvalue weighted by Gasteiger charge is 1.95. The van der Waals surface area contributed by atoms with Gasteiger partial charge in [-0.05, 0) is 36.4 Å². The van der Waals surface area contributed by atoms with Crippen LogP contribution in [0.5, 0.6) is 11.5 Å². The van der Waals surface area contributed by atoms with Crippen LogP contribution in [0.15, 0.2) is 54.6 Å². The summed E-state index contributed by atoms with van der Waals surface area (Å²) in [4.78, 5) is 0. The molecule has 2 aromatic carbocycles. The minimum atomic E-state index is 0.375. The molecule has 0 aliphatic heterocycles. The van der Waals surface area contributed by atoms with Crippen LogP contribution in [0.4, 0.5) is 0 Å². The van der Waals surface area contributed by atoms with Crippen molar-refractivity contribution in [1.29, 1.82) is 0 Å². The quantitative estimate of drug-likeness (QED) is 0.654. The smallest absolute Gasteiger partial charge is 0.119 e. The summed E-state index contributed by atoms with van der Waals surface area (Å²) in [5.74, 6) is 7.53. The Morgan fingerprint density at radius 1 is 0.810 bits per heavy atom. The second-order valence-corrected chi connectivity index (χ2v) is 4.39. The average molecular weight is 281 g/mol. The van der Waals surface area contributed by atoms with Gasteiger partial charge in [-0.15, -0.1) is 0 Å². The second kappa shape index (κ2) is 8.68. The first-order valence-corrected chi connectivity index (χ1v) is 6.98. The maximum absolute atomic E-state index is 5.65. The molecule has 0 atom stereocenters. The minimum absolute atomic E-state index is 0.375. The number of nitrogens with two attached hydrogens (primary N) is 1. The van der Waals surface area contributed by atoms with Crippen LogP contribution in [-0.4, -0.2) is 19.8 Å². The van der Waals surface area contributed by atoms with Crippen molar-refractivity contribution in [3.05, 3.63) is 60.2 Å². The summed E-state index contributed by atoms with van der Waals surface area (Å²) in [6.07, 6.45) is 0.837. The molecule has 2 N–H and O–H groups in total. The Morgan fingerprint density at radius 2 is 1.43 bits per heavy atom. The largest absolute Gasteiger partial charge is 0.493 e. The summed E-state index contributed by atoms with van der Waals surface area (Å²) in [5, 5.41) is 0. The number of para-hydroxylation sites is 1. The second-order valence-electron chi connectivity index (χ2n) is 4.39. The van der Waals surface area contributed by atoms with Gasteiger partial charge in [0.2, 0.25) is 0 Å². The van der Waals surface area contributed by atoms with Gasteiger partial charge in [0.25, 0.3) is 0 Å². The number of hydrogen-bond acceptors (Lipinski definition) is 3. The normalized spacial score (nSPS) is 9.57. The van der Waals surface area contributed by atoms with Gasteiger partial charge >= 0.3 is 0 Å². The van der Waals surface area contributed by atoms with Crippen LogP contribution in [0, 0.1) is 11.8 Å². The third kappa shape index (κ3) is 5.60. The zero-order valence-corrected chi connectivity index (χ0v) is 11.9. The molecule has 3 nitrogen and oxygen atoms in total. The van der Waals surface area contributed by atoms with Gasteiger partial charge in [0, 0.05) is 12.0 Å². The third-order valence-corrected chi connectivity index (χ3v) is 2.76. The molecule has 0 aliphatic rings. The van der Waals surface area contributed by atoms with E-state index in [0.717, 1.165) is 23.5 Å². The van der Waals surface area contributed by atoms with Crippen molar-refractivity contribution in [2.75, 3.05) is 19.8 Å². The monoisotopic (exact) mass is 281 g/mol. The van der Waals surface area contributed by atoms with Gasteiger partial charge in [0.1, 0.15) is 11.5 Å². The summed E-state index contributed by atoms with van der Waals surface area (Å²) in [6.45, 7) is 1.64. The predicted molar refractivity (Wildman–Crippen MR) is 84.4 cm³/mol. The van der Waals surface area contributed by atoms with Crippen LogP contribution in [0.3, 0.4) is 0 Å². The molecule has 0 saturated carbocycles. The Hall–Kier alpha value is -2.44. The molecule has 0 radical (unpaired) electrons. The molecule has 2 rings (SSSR count). The van der Waals surface area contributed by atoms with E-state index in [1.54, 1.807) is 0 Å². The van der Waals surface area contributed by atoms with Gasteiger partial charge in [-0.25, -0.2) is 0 Å². The molecular weight excluding hydrogens is 262 g/mol. The third-order valence-electron chi connectivity index (χ3n) is 2.76. The van der Waals surface area contributed by atoms with Gasteiger partial charge in [-0.3, -0.25) is 0 Å². The fourth-order valence-electron chi connectivity index (χ4n) is 1.74. The van der Waals surface area contributed by atoms with Crippen LogP contribution in [0.2, 0.25) is 0 Å². The number of ether oxygens (including phenoxy) is 2. The number of benzene rings is 2. The summed E-state index contributed by atoms with van der Waals surface area (Å²) in [6, 6.07) is 17.5. The summed E-state index contributed by atoms with van der Waals surface area (Å²) in [7, 11) is 0. The van der Waals surface area contributed by atoms with E-state index < -0.39 is 0 Å². The van der Waals surface area contributed by atoms with Gasteiger partial charge < -0.3 is 15.2 Å². The maximum atomic E-state index is 5.65. The highest BCUT2D eigenvalue weighted by Crippen LogP contribution is 2.12. The molecule has 0 spiro atoms. The average Bonchev–Trinajstić information content (AvgIpc) is 2.55. The molecule has 2 aromatic rings. The van der Waals surface area contributed by atoms with Gasteiger partial charge in [-0.1, -0.05) is 30.0 Å². The molecule has 108 valence electrons. The Balaban J connectivity index is 1.66. The lowest BCUT2D eigenvalue weighted by Gasteiger charge is -2.08. The topological polar surface area (TPSA) is 44.5 Å². The van der Waals surface area contributed by atoms with Crippen molar-refractivity contribution in [2.45, 2.75) is 6.42 Å². The lowest BCUT2D eigenvalue weighted by Crippen LogP contribution is -2.04. The Labute approximate surface area is 125 Å². The van der Waals surface area contributed by atoms with E-state index in [-0.39, 0.29) is 0 Å². The highest BCUT2D eigenvalue weighted by molar-refractivity contribution is 5.38. The lowest BCUT2D eigenvalue weighted by molar-refractivity contribution is 0.247. The first kappa shape index (κ1) is 15.0. The minimum Gasteiger partial charge on any atom is -0.493 e. The summed E-state index contributed by atoms with van der Waals surface area (Å²) >= 11 is 0. The SMILES string of the molecule is NCC#Cc1ccc(OCCCOc2ccccc2)cc1. The van der Waals surface area contributed by atoms with E-state index in [9.17, 15) is 0 Å². The van der Waals surface area contributed by atoms with Crippen LogP contribution in [0.1, 0.15) is 12.0 Å². The lowest BCUT2D eigenvalue weighted by atomic mass is 10.2. The molecule has 0 aromatic heterocycles. The van der Waals surface area contributed by atoms with Gasteiger partial charge in [0.05, 0.1) is 19.8 Å². The van der Waals surface area contributed by atoms with E-state index in [0.29, 0.717) is 19.8 Å². The molecule has 3 heteroatoms. The molecule has 0 fully saturated rings. The van der Waals surface area contributed by atoms with Crippen molar-refractivity contribution in [2.24, 2.45) is 5.73 Å². The standard InChI is InChI=1S/C18H19NO2/c19-13-4-6-16-9-11-18(12-10-16)21-15-5-14-20-17-7-2-1-3-8-17/h1-3,7-12H,5,13-15,19H2. The van der Waals surface area contributed by atoms with Crippen molar-refractivity contribution < 1.29 is 9.47 Å². The highest BCUT2D eigenvalue weighted by atomic mass is 16.5. The molecule has 0 unspecified atom stereocenters. The van der Waals surface area contributed by atoms with E-state index in [4.69, 9.17) is 15.2 Å². The van der Waals surface area contributed by atoms with Crippen LogP contribution < -0.4 is 15.2 Å².